The van der Waals surface area contributed by atoms with Gasteiger partial charge in [-0.3, -0.25) is 0 Å². The number of nitrogens with zero attached hydrogens (tertiary/aromatic N) is 4. The molecule has 0 bridgehead atoms. The van der Waals surface area contributed by atoms with Gasteiger partial charge in [0.1, 0.15) is 11.5 Å². The van der Waals surface area contributed by atoms with E-state index in [2.05, 4.69) is 86.5 Å². The Morgan fingerprint density at radius 3 is 1.74 bits per heavy atom. The van der Waals surface area contributed by atoms with Crippen LogP contribution in [-0.4, -0.2) is 19.6 Å². The first-order valence-corrected chi connectivity index (χ1v) is 13.1. The third-order valence-corrected chi connectivity index (χ3v) is 6.94. The van der Waals surface area contributed by atoms with Gasteiger partial charge in [0, 0.05) is 29.1 Å². The van der Waals surface area contributed by atoms with Gasteiger partial charge in [-0.15, -0.1) is 0 Å². The molecule has 0 atom stereocenters. The van der Waals surface area contributed by atoms with E-state index in [9.17, 15) is 0 Å². The summed E-state index contributed by atoms with van der Waals surface area (Å²) in [6, 6.07) is 37.3. The largest absolute Gasteiger partial charge is 0.457 e. The molecular weight excluding hydrogens is 480 g/mol. The van der Waals surface area contributed by atoms with Crippen molar-refractivity contribution in [2.24, 2.45) is 0 Å². The fraction of sp³-hybridized carbons (Fsp3) is 0.118. The van der Waals surface area contributed by atoms with E-state index in [1.165, 1.54) is 11.1 Å². The quantitative estimate of drug-likeness (QED) is 0.226. The van der Waals surface area contributed by atoms with Crippen LogP contribution >= 0.6 is 0 Å². The van der Waals surface area contributed by atoms with E-state index in [4.69, 9.17) is 9.84 Å². The molecule has 6 rings (SSSR count). The zero-order valence-electron chi connectivity index (χ0n) is 22.6. The summed E-state index contributed by atoms with van der Waals surface area (Å²) in [5.74, 6) is 1.50. The summed E-state index contributed by atoms with van der Waals surface area (Å²) in [6.45, 7) is 8.23. The van der Waals surface area contributed by atoms with Crippen LogP contribution in [0.4, 0.5) is 0 Å². The number of benzene rings is 4. The molecule has 0 radical (unpaired) electrons. The molecule has 0 spiro atoms. The number of ether oxygens (including phenoxy) is 1. The molecule has 0 saturated heterocycles. The van der Waals surface area contributed by atoms with Crippen LogP contribution in [0.2, 0.25) is 0 Å². The minimum absolute atomic E-state index is 0.749. The van der Waals surface area contributed by atoms with E-state index in [-0.39, 0.29) is 0 Å². The van der Waals surface area contributed by atoms with Crippen LogP contribution in [0.15, 0.2) is 109 Å². The Labute approximate surface area is 229 Å². The minimum Gasteiger partial charge on any atom is -0.457 e. The Morgan fingerprint density at radius 2 is 1.13 bits per heavy atom. The predicted octanol–water partition coefficient (Wildman–Crippen LogP) is 8.42. The number of rotatable bonds is 6. The van der Waals surface area contributed by atoms with Gasteiger partial charge in [-0.1, -0.05) is 66.7 Å². The van der Waals surface area contributed by atoms with Crippen molar-refractivity contribution < 1.29 is 4.74 Å². The Hall–Kier alpha value is -4.90. The van der Waals surface area contributed by atoms with Gasteiger partial charge in [-0.2, -0.15) is 10.2 Å². The Morgan fingerprint density at radius 1 is 0.538 bits per heavy atom. The van der Waals surface area contributed by atoms with Crippen molar-refractivity contribution in [1.82, 2.24) is 19.6 Å². The number of aryl methyl sites for hydroxylation is 3. The van der Waals surface area contributed by atoms with Crippen molar-refractivity contribution in [1.29, 1.82) is 0 Å². The highest BCUT2D eigenvalue weighted by atomic mass is 16.5. The van der Waals surface area contributed by atoms with Gasteiger partial charge < -0.3 is 4.74 Å². The smallest absolute Gasteiger partial charge is 0.129 e. The van der Waals surface area contributed by atoms with Gasteiger partial charge in [0.15, 0.2) is 0 Å². The molecule has 0 saturated carbocycles. The lowest BCUT2D eigenvalue weighted by Crippen LogP contribution is -2.00. The van der Waals surface area contributed by atoms with Crippen LogP contribution in [0.3, 0.4) is 0 Å². The molecule has 0 aliphatic carbocycles. The van der Waals surface area contributed by atoms with E-state index in [1.54, 1.807) is 0 Å². The van der Waals surface area contributed by atoms with Gasteiger partial charge in [-0.05, 0) is 74.7 Å². The Balaban J connectivity index is 1.28. The summed E-state index contributed by atoms with van der Waals surface area (Å²) in [7, 11) is 0. The van der Waals surface area contributed by atoms with E-state index in [0.717, 1.165) is 56.8 Å². The summed E-state index contributed by atoms with van der Waals surface area (Å²) in [5.41, 5.74) is 10.8. The second kappa shape index (κ2) is 10.1. The van der Waals surface area contributed by atoms with Gasteiger partial charge in [-0.25, -0.2) is 9.36 Å². The van der Waals surface area contributed by atoms with Gasteiger partial charge >= 0.3 is 0 Å². The topological polar surface area (TPSA) is 44.9 Å². The van der Waals surface area contributed by atoms with Crippen molar-refractivity contribution in [3.63, 3.8) is 0 Å². The predicted molar refractivity (Wildman–Crippen MR) is 157 cm³/mol. The molecule has 5 nitrogen and oxygen atoms in total. The molecule has 0 amide bonds. The standard InChI is InChI=1S/C34H30N4O/c1-23-20-24(2)37(35-23)30-12-8-14-32(21-30)39-33-15-9-13-31(22-33)38-26(4)34(25(3)36-38)29-18-16-28(17-19-29)27-10-6-5-7-11-27/h5-22H,1-4H3. The minimum atomic E-state index is 0.749. The fourth-order valence-corrected chi connectivity index (χ4v) is 5.16. The van der Waals surface area contributed by atoms with Crippen LogP contribution in [0.1, 0.15) is 22.8 Å². The van der Waals surface area contributed by atoms with Crippen LogP contribution in [0.5, 0.6) is 11.5 Å². The van der Waals surface area contributed by atoms with Gasteiger partial charge in [0.25, 0.3) is 0 Å². The van der Waals surface area contributed by atoms with Crippen molar-refractivity contribution in [2.75, 3.05) is 0 Å². The van der Waals surface area contributed by atoms with Crippen molar-refractivity contribution in [3.05, 3.63) is 132 Å². The molecule has 2 heterocycles. The molecule has 5 heteroatoms. The first-order valence-electron chi connectivity index (χ1n) is 13.1. The molecule has 192 valence electrons. The highest BCUT2D eigenvalue weighted by Gasteiger charge is 2.15. The maximum Gasteiger partial charge on any atom is 0.129 e. The number of hydrogen-bond donors (Lipinski definition) is 0. The molecule has 0 aliphatic rings. The molecule has 2 aromatic heterocycles. The third-order valence-electron chi connectivity index (χ3n) is 6.94. The zero-order chi connectivity index (χ0) is 26.9. The van der Waals surface area contributed by atoms with Crippen molar-refractivity contribution >= 4 is 0 Å². The lowest BCUT2D eigenvalue weighted by Gasteiger charge is -2.11. The van der Waals surface area contributed by atoms with Crippen LogP contribution < -0.4 is 4.74 Å². The van der Waals surface area contributed by atoms with Crippen molar-refractivity contribution in [3.8, 4) is 45.1 Å². The number of aromatic nitrogens is 4. The molecule has 0 N–H and O–H groups in total. The SMILES string of the molecule is Cc1cc(C)n(-c2cccc(Oc3cccc(-n4nc(C)c(-c5ccc(-c6ccccc6)cc5)c4C)c3)c2)n1. The molecule has 39 heavy (non-hydrogen) atoms. The lowest BCUT2D eigenvalue weighted by atomic mass is 9.99. The summed E-state index contributed by atoms with van der Waals surface area (Å²) >= 11 is 0. The highest BCUT2D eigenvalue weighted by Crippen LogP contribution is 2.32. The lowest BCUT2D eigenvalue weighted by molar-refractivity contribution is 0.481. The van der Waals surface area contributed by atoms with E-state index >= 15 is 0 Å². The van der Waals surface area contributed by atoms with Crippen LogP contribution in [0.25, 0.3) is 33.6 Å². The summed E-state index contributed by atoms with van der Waals surface area (Å²) in [4.78, 5) is 0. The molecular formula is C34H30N4O. The zero-order valence-corrected chi connectivity index (χ0v) is 22.6. The fourth-order valence-electron chi connectivity index (χ4n) is 5.16. The van der Waals surface area contributed by atoms with Crippen molar-refractivity contribution in [2.45, 2.75) is 27.7 Å². The molecule has 0 aliphatic heterocycles. The van der Waals surface area contributed by atoms with Crippen LogP contribution in [-0.2, 0) is 0 Å². The first kappa shape index (κ1) is 24.4. The second-order valence-corrected chi connectivity index (χ2v) is 9.84. The summed E-state index contributed by atoms with van der Waals surface area (Å²) in [5, 5.41) is 9.50. The van der Waals surface area contributed by atoms with Crippen LogP contribution in [0, 0.1) is 27.7 Å². The molecule has 4 aromatic carbocycles. The normalized spacial score (nSPS) is 11.1. The summed E-state index contributed by atoms with van der Waals surface area (Å²) in [6.07, 6.45) is 0. The van der Waals surface area contributed by atoms with E-state index in [0.29, 0.717) is 0 Å². The maximum absolute atomic E-state index is 6.28. The van der Waals surface area contributed by atoms with Gasteiger partial charge in [0.05, 0.1) is 22.8 Å². The number of hydrogen-bond acceptors (Lipinski definition) is 3. The van der Waals surface area contributed by atoms with Gasteiger partial charge in [0.2, 0.25) is 0 Å². The Bertz CT molecular complexity index is 1760. The Kier molecular flexibility index (Phi) is 6.33. The third kappa shape index (κ3) is 4.87. The maximum atomic E-state index is 6.28. The average Bonchev–Trinajstić information content (AvgIpc) is 3.45. The summed E-state index contributed by atoms with van der Waals surface area (Å²) < 4.78 is 10.2. The molecule has 6 aromatic rings. The first-order chi connectivity index (χ1) is 19.0. The molecule has 0 unspecified atom stereocenters. The highest BCUT2D eigenvalue weighted by molar-refractivity contribution is 5.73. The van der Waals surface area contributed by atoms with E-state index in [1.807, 2.05) is 64.8 Å². The second-order valence-electron chi connectivity index (χ2n) is 9.84. The molecule has 0 fully saturated rings. The average molecular weight is 511 g/mol. The van der Waals surface area contributed by atoms with E-state index < -0.39 is 0 Å². The monoisotopic (exact) mass is 510 g/mol.